The first-order valence-corrected chi connectivity index (χ1v) is 13.6. The molecule has 3 unspecified atom stereocenters. The Morgan fingerprint density at radius 3 is 2.39 bits per heavy atom. The molecule has 1 aliphatic rings. The predicted molar refractivity (Wildman–Crippen MR) is 148 cm³/mol. The lowest BCUT2D eigenvalue weighted by molar-refractivity contribution is -0.537. The summed E-state index contributed by atoms with van der Waals surface area (Å²) in [5, 5.41) is 14.3. The van der Waals surface area contributed by atoms with E-state index < -0.39 is 6.09 Å². The maximum atomic E-state index is 10.8. The number of amides is 2. The van der Waals surface area contributed by atoms with Crippen molar-refractivity contribution in [2.24, 2.45) is 11.3 Å². The fourth-order valence-corrected chi connectivity index (χ4v) is 5.09. The molecule has 1 fully saturated rings. The maximum Gasteiger partial charge on any atom is 0.405 e. The summed E-state index contributed by atoms with van der Waals surface area (Å²) in [5.74, 6) is 0.538. The van der Waals surface area contributed by atoms with Crippen molar-refractivity contribution in [3.05, 3.63) is 41.0 Å². The minimum atomic E-state index is -0.956. The molecule has 1 aromatic heterocycles. The molecule has 8 heteroatoms. The summed E-state index contributed by atoms with van der Waals surface area (Å²) in [6, 6.07) is 8.89. The quantitative estimate of drug-likeness (QED) is 0.302. The van der Waals surface area contributed by atoms with Gasteiger partial charge in [0.05, 0.1) is 22.1 Å². The lowest BCUT2D eigenvalue weighted by Crippen LogP contribution is -2.46. The molecule has 3 N–H and O–H groups in total. The number of aryl methyl sites for hydroxylation is 1. The first-order chi connectivity index (χ1) is 16.9. The lowest BCUT2D eigenvalue weighted by Gasteiger charge is -2.26. The van der Waals surface area contributed by atoms with Gasteiger partial charge in [0.25, 0.3) is 0 Å². The van der Waals surface area contributed by atoms with E-state index in [1.165, 1.54) is 23.3 Å². The van der Waals surface area contributed by atoms with Crippen molar-refractivity contribution in [2.75, 3.05) is 6.54 Å². The first-order valence-electron chi connectivity index (χ1n) is 12.7. The number of nitrogens with one attached hydrogen (secondary N) is 2. The van der Waals surface area contributed by atoms with Gasteiger partial charge in [-0.05, 0) is 42.7 Å². The second kappa shape index (κ2) is 13.5. The topological polar surface area (TPSA) is 94.3 Å². The Morgan fingerprint density at radius 2 is 1.94 bits per heavy atom. The van der Waals surface area contributed by atoms with E-state index in [0.717, 1.165) is 30.6 Å². The molecule has 2 aromatic rings. The highest BCUT2D eigenvalue weighted by molar-refractivity contribution is 7.13. The molecular weight excluding hydrogens is 472 g/mol. The third-order valence-electron chi connectivity index (χ3n) is 6.45. The van der Waals surface area contributed by atoms with Crippen molar-refractivity contribution in [2.45, 2.75) is 85.9 Å². The van der Waals surface area contributed by atoms with Gasteiger partial charge in [0.1, 0.15) is 18.6 Å². The number of hydrogen-bond acceptors (Lipinski definition) is 4. The molecule has 0 saturated carbocycles. The molecule has 3 atom stereocenters. The zero-order valence-corrected chi connectivity index (χ0v) is 23.6. The van der Waals surface area contributed by atoms with Gasteiger partial charge in [0.15, 0.2) is 6.21 Å². The van der Waals surface area contributed by atoms with Gasteiger partial charge in [-0.25, -0.2) is 14.4 Å². The van der Waals surface area contributed by atoms with Gasteiger partial charge >= 0.3 is 6.09 Å². The Labute approximate surface area is 220 Å². The van der Waals surface area contributed by atoms with Gasteiger partial charge < -0.3 is 15.7 Å². The number of hydrogen-bond donors (Lipinski definition) is 3. The highest BCUT2D eigenvalue weighted by Gasteiger charge is 2.31. The maximum absolute atomic E-state index is 10.8. The van der Waals surface area contributed by atoms with Gasteiger partial charge in [-0.3, -0.25) is 4.79 Å². The molecular formula is C28H43N4O3S+. The molecule has 0 aliphatic carbocycles. The molecule has 1 saturated heterocycles. The van der Waals surface area contributed by atoms with Crippen molar-refractivity contribution in [1.82, 2.24) is 15.6 Å². The van der Waals surface area contributed by atoms with Gasteiger partial charge in [-0.15, -0.1) is 11.3 Å². The normalized spacial score (nSPS) is 18.3. The zero-order valence-electron chi connectivity index (χ0n) is 22.7. The summed E-state index contributed by atoms with van der Waals surface area (Å²) in [6.45, 7) is 15.7. The number of thiazole rings is 1. The molecule has 0 bridgehead atoms. The molecule has 3 rings (SSSR count). The van der Waals surface area contributed by atoms with Gasteiger partial charge in [-0.2, -0.15) is 0 Å². The van der Waals surface area contributed by atoms with Crippen LogP contribution in [0.1, 0.15) is 78.1 Å². The smallest absolute Gasteiger partial charge is 0.405 e. The largest absolute Gasteiger partial charge is 0.465 e. The second-order valence-electron chi connectivity index (χ2n) is 11.0. The number of aromatic nitrogens is 1. The van der Waals surface area contributed by atoms with Gasteiger partial charge in [0.2, 0.25) is 6.41 Å². The van der Waals surface area contributed by atoms with E-state index in [1.54, 1.807) is 11.3 Å². The predicted octanol–water partition coefficient (Wildman–Crippen LogP) is 5.89. The summed E-state index contributed by atoms with van der Waals surface area (Å²) in [5.41, 5.74) is 5.17. The summed E-state index contributed by atoms with van der Waals surface area (Å²) in [7, 11) is 0. The van der Waals surface area contributed by atoms with E-state index in [1.807, 2.05) is 39.4 Å². The van der Waals surface area contributed by atoms with Crippen LogP contribution in [0, 0.1) is 18.3 Å². The van der Waals surface area contributed by atoms with E-state index in [-0.39, 0.29) is 17.5 Å². The fraction of sp³-hybridized carbons (Fsp3) is 0.571. The fourth-order valence-electron chi connectivity index (χ4n) is 4.28. The van der Waals surface area contributed by atoms with Crippen molar-refractivity contribution in [3.8, 4) is 10.4 Å². The van der Waals surface area contributed by atoms with Crippen LogP contribution in [0.3, 0.4) is 0 Å². The summed E-state index contributed by atoms with van der Waals surface area (Å²) < 4.78 is 2.26. The van der Waals surface area contributed by atoms with Crippen molar-refractivity contribution in [3.63, 3.8) is 0 Å². The summed E-state index contributed by atoms with van der Waals surface area (Å²) >= 11 is 1.65. The molecule has 0 radical (unpaired) electrons. The van der Waals surface area contributed by atoms with Crippen LogP contribution in [-0.2, 0) is 4.79 Å². The average Bonchev–Trinajstić information content (AvgIpc) is 3.40. The van der Waals surface area contributed by atoms with Crippen molar-refractivity contribution >= 4 is 30.1 Å². The molecule has 1 aromatic carbocycles. The van der Waals surface area contributed by atoms with Crippen LogP contribution in [0.5, 0.6) is 0 Å². The summed E-state index contributed by atoms with van der Waals surface area (Å²) in [4.78, 5) is 27.0. The molecule has 7 nitrogen and oxygen atoms in total. The minimum Gasteiger partial charge on any atom is -0.465 e. The van der Waals surface area contributed by atoms with Gasteiger partial charge in [-0.1, -0.05) is 58.9 Å². The monoisotopic (exact) mass is 515 g/mol. The Kier molecular flexibility index (Phi) is 11.1. The second-order valence-corrected chi connectivity index (χ2v) is 11.9. The molecule has 2 heterocycles. The molecule has 1 aliphatic heterocycles. The Morgan fingerprint density at radius 1 is 1.28 bits per heavy atom. The van der Waals surface area contributed by atoms with Crippen LogP contribution in [0.4, 0.5) is 4.79 Å². The van der Waals surface area contributed by atoms with Crippen LogP contribution in [0.15, 0.2) is 29.8 Å². The van der Waals surface area contributed by atoms with E-state index in [0.29, 0.717) is 12.0 Å². The highest BCUT2D eigenvalue weighted by Crippen LogP contribution is 2.29. The Balaban J connectivity index is 0.000000261. The Bertz CT molecular complexity index is 1010. The van der Waals surface area contributed by atoms with Crippen molar-refractivity contribution in [1.29, 1.82) is 0 Å². The van der Waals surface area contributed by atoms with Gasteiger partial charge in [0, 0.05) is 12.8 Å². The third-order valence-corrected chi connectivity index (χ3v) is 7.43. The number of carbonyl (C=O) groups is 2. The minimum absolute atomic E-state index is 0.0871. The molecule has 0 spiro atoms. The van der Waals surface area contributed by atoms with E-state index in [4.69, 9.17) is 5.11 Å². The van der Waals surface area contributed by atoms with E-state index in [2.05, 4.69) is 65.2 Å². The molecule has 198 valence electrons. The first kappa shape index (κ1) is 29.5. The number of benzene rings is 1. The van der Waals surface area contributed by atoms with Crippen LogP contribution in [-0.4, -0.2) is 52.0 Å². The van der Waals surface area contributed by atoms with E-state index >= 15 is 0 Å². The van der Waals surface area contributed by atoms with Crippen LogP contribution in [0.25, 0.3) is 10.4 Å². The summed E-state index contributed by atoms with van der Waals surface area (Å²) in [6.07, 6.45) is 5.21. The standard InChI is InChI=1S/C16H20N2OS.C12H22N2O2/c1-11(2)8-15(17-9-19)13-4-6-14(7-5-13)16-12(3)18-10-20-16;1-9-6-5-7-14(9)8-10(12(2,3)4)13-11(15)16/h4-7,9-11,15H,8H2,1-3H3,(H,17,19);8-10,13H,5-7H2,1-4H3/p+1. The lowest BCUT2D eigenvalue weighted by atomic mass is 9.87. The SMILES string of the molecule is CC1CCC[N+]1=CC(NC(=O)O)C(C)(C)C.Cc1ncsc1-c1ccc(C(CC(C)C)NC=O)cc1. The third kappa shape index (κ3) is 9.04. The van der Waals surface area contributed by atoms with E-state index in [9.17, 15) is 9.59 Å². The number of carboxylic acid groups (broad SMARTS) is 1. The average molecular weight is 516 g/mol. The van der Waals surface area contributed by atoms with Crippen LogP contribution < -0.4 is 10.6 Å². The molecule has 36 heavy (non-hydrogen) atoms. The van der Waals surface area contributed by atoms with Crippen LogP contribution in [0.2, 0.25) is 0 Å². The zero-order chi connectivity index (χ0) is 26.9. The number of carbonyl (C=O) groups excluding carboxylic acids is 1. The number of nitrogens with zero attached hydrogens (tertiary/aromatic N) is 2. The highest BCUT2D eigenvalue weighted by atomic mass is 32.1. The van der Waals surface area contributed by atoms with Crippen molar-refractivity contribution < 1.29 is 19.3 Å². The number of rotatable bonds is 8. The molecule has 2 amide bonds. The Hall–Kier alpha value is -2.74. The van der Waals surface area contributed by atoms with Crippen LogP contribution >= 0.6 is 11.3 Å².